The maximum absolute atomic E-state index is 12.0. The predicted octanol–water partition coefficient (Wildman–Crippen LogP) is -1.35. The van der Waals surface area contributed by atoms with Crippen LogP contribution in [0.2, 0.25) is 0 Å². The molecular weight excluding hydrogens is 418 g/mol. The summed E-state index contributed by atoms with van der Waals surface area (Å²) in [7, 11) is -8.51. The number of pyridine rings is 1. The zero-order valence-corrected chi connectivity index (χ0v) is 16.3. The Kier molecular flexibility index (Phi) is 6.89. The third-order valence-electron chi connectivity index (χ3n) is 3.73. The van der Waals surface area contributed by atoms with Gasteiger partial charge in [-0.3, -0.25) is 19.8 Å². The van der Waals surface area contributed by atoms with Gasteiger partial charge in [-0.05, 0) is 25.0 Å². The van der Waals surface area contributed by atoms with Gasteiger partial charge in [0, 0.05) is 18.9 Å². The molecule has 0 aliphatic carbocycles. The van der Waals surface area contributed by atoms with Crippen molar-refractivity contribution in [3.63, 3.8) is 0 Å². The number of urea groups is 1. The summed E-state index contributed by atoms with van der Waals surface area (Å²) >= 11 is 0. The first-order valence-corrected chi connectivity index (χ1v) is 11.1. The first-order valence-electron chi connectivity index (χ1n) is 7.86. The van der Waals surface area contributed by atoms with Crippen LogP contribution in [0.15, 0.2) is 30.6 Å². The van der Waals surface area contributed by atoms with E-state index in [2.05, 4.69) is 9.27 Å². The van der Waals surface area contributed by atoms with Gasteiger partial charge in [0.15, 0.2) is 0 Å². The predicted molar refractivity (Wildman–Crippen MR) is 93.7 cm³/mol. The molecule has 3 rings (SSSR count). The number of piperidine rings is 1. The highest BCUT2D eigenvalue weighted by atomic mass is 32.3. The molecule has 15 heteroatoms. The van der Waals surface area contributed by atoms with Crippen LogP contribution >= 0.6 is 0 Å². The molecule has 2 fully saturated rings. The fourth-order valence-electron chi connectivity index (χ4n) is 2.64. The number of carbonyl (C=O) groups excluding carboxylic acids is 2. The van der Waals surface area contributed by atoms with Crippen molar-refractivity contribution < 1.29 is 35.3 Å². The number of amides is 3. The molecule has 2 bridgehead atoms. The Bertz CT molecular complexity index is 881. The van der Waals surface area contributed by atoms with Crippen molar-refractivity contribution in [2.24, 2.45) is 0 Å². The van der Waals surface area contributed by atoms with Gasteiger partial charge in [0.2, 0.25) is 10.0 Å². The van der Waals surface area contributed by atoms with Gasteiger partial charge in [-0.15, -0.1) is 9.11 Å². The van der Waals surface area contributed by atoms with Crippen molar-refractivity contribution in [2.45, 2.75) is 24.9 Å². The number of hydrazine groups is 1. The number of hydrogen-bond donors (Lipinski definition) is 3. The van der Waals surface area contributed by atoms with Crippen molar-refractivity contribution in [1.82, 2.24) is 25.2 Å². The average Bonchev–Trinajstić information content (AvgIpc) is 2.85. The minimum atomic E-state index is -4.86. The first-order chi connectivity index (χ1) is 13.0. The van der Waals surface area contributed by atoms with Gasteiger partial charge in [-0.2, -0.15) is 13.5 Å². The lowest BCUT2D eigenvalue weighted by Gasteiger charge is -2.28. The second-order valence-corrected chi connectivity index (χ2v) is 8.65. The standard InChI is InChI=1S/C8H14N4O8S2.C5H5N/c1-21(15,16)10-9-7(13)6-3-2-5-4-11(6)8(14)12(5)20-22(17,18)19;1-2-4-6-5-3-1/h5-6,10H,2-4H2,1H3,(H,9,13)(H,17,18,19);1-5H/t5-,6+;/m1./s1. The lowest BCUT2D eigenvalue weighted by Crippen LogP contribution is -2.53. The fourth-order valence-corrected chi connectivity index (χ4v) is 3.32. The lowest BCUT2D eigenvalue weighted by molar-refractivity contribution is -0.126. The Morgan fingerprint density at radius 2 is 1.86 bits per heavy atom. The van der Waals surface area contributed by atoms with Crippen LogP contribution in [-0.2, 0) is 29.5 Å². The Morgan fingerprint density at radius 1 is 1.21 bits per heavy atom. The van der Waals surface area contributed by atoms with E-state index < -0.39 is 44.4 Å². The number of hydrogen-bond acceptors (Lipinski definition) is 8. The molecule has 3 N–H and O–H groups in total. The topological polar surface area (TPSA) is 175 Å². The third-order valence-corrected chi connectivity index (χ3v) is 4.55. The number of sulfonamides is 1. The molecular formula is C13H19N5O8S2. The number of carbonyl (C=O) groups is 2. The van der Waals surface area contributed by atoms with Gasteiger partial charge < -0.3 is 4.90 Å². The highest BCUT2D eigenvalue weighted by molar-refractivity contribution is 7.88. The van der Waals surface area contributed by atoms with E-state index in [1.165, 1.54) is 0 Å². The Morgan fingerprint density at radius 3 is 2.32 bits per heavy atom. The van der Waals surface area contributed by atoms with Crippen LogP contribution in [0.3, 0.4) is 0 Å². The summed E-state index contributed by atoms with van der Waals surface area (Å²) in [6.07, 6.45) is 4.76. The summed E-state index contributed by atoms with van der Waals surface area (Å²) in [4.78, 5) is 30.5. The molecule has 2 saturated heterocycles. The van der Waals surface area contributed by atoms with E-state index in [0.29, 0.717) is 5.06 Å². The van der Waals surface area contributed by atoms with E-state index in [1.54, 1.807) is 17.2 Å². The van der Waals surface area contributed by atoms with E-state index in [1.807, 2.05) is 23.6 Å². The van der Waals surface area contributed by atoms with Crippen molar-refractivity contribution in [2.75, 3.05) is 12.8 Å². The van der Waals surface area contributed by atoms with Crippen LogP contribution in [-0.4, -0.2) is 73.2 Å². The molecule has 0 spiro atoms. The van der Waals surface area contributed by atoms with Crippen LogP contribution in [0.25, 0.3) is 0 Å². The summed E-state index contributed by atoms with van der Waals surface area (Å²) in [6.45, 7) is 0.0192. The maximum atomic E-state index is 12.0. The zero-order chi connectivity index (χ0) is 20.9. The van der Waals surface area contributed by atoms with Crippen molar-refractivity contribution in [1.29, 1.82) is 0 Å². The maximum Gasteiger partial charge on any atom is 0.418 e. The summed E-state index contributed by atoms with van der Waals surface area (Å²) in [5.41, 5.74) is 1.96. The van der Waals surface area contributed by atoms with Crippen molar-refractivity contribution in [3.8, 4) is 0 Å². The molecule has 2 aliphatic heterocycles. The Labute approximate surface area is 161 Å². The van der Waals surface area contributed by atoms with Gasteiger partial charge in [-0.1, -0.05) is 6.07 Å². The number of fused-ring (bicyclic) bond motifs is 2. The van der Waals surface area contributed by atoms with Crippen LogP contribution in [0, 0.1) is 0 Å². The quantitative estimate of drug-likeness (QED) is 0.371. The Hall–Kier alpha value is -2.33. The van der Waals surface area contributed by atoms with Crippen LogP contribution in [0.4, 0.5) is 4.79 Å². The minimum absolute atomic E-state index is 0.0192. The molecule has 156 valence electrons. The molecule has 3 heterocycles. The molecule has 0 radical (unpaired) electrons. The van der Waals surface area contributed by atoms with E-state index >= 15 is 0 Å². The summed E-state index contributed by atoms with van der Waals surface area (Å²) in [5.74, 6) is -0.758. The van der Waals surface area contributed by atoms with E-state index in [9.17, 15) is 26.4 Å². The van der Waals surface area contributed by atoms with Gasteiger partial charge in [0.05, 0.1) is 12.3 Å². The van der Waals surface area contributed by atoms with Gasteiger partial charge >= 0.3 is 16.4 Å². The molecule has 3 amide bonds. The SMILES string of the molecule is CS(=O)(=O)NNC(=O)[C@@H]1CC[C@@H]2CN1C(=O)N2OS(=O)(=O)O.c1ccncc1. The van der Waals surface area contributed by atoms with Crippen LogP contribution in [0.1, 0.15) is 12.8 Å². The van der Waals surface area contributed by atoms with E-state index in [-0.39, 0.29) is 19.4 Å². The summed E-state index contributed by atoms with van der Waals surface area (Å²) in [5, 5.41) is 0.493. The van der Waals surface area contributed by atoms with Gasteiger partial charge in [-0.25, -0.2) is 13.2 Å². The lowest BCUT2D eigenvalue weighted by atomic mass is 10.0. The molecule has 1 aromatic heterocycles. The highest BCUT2D eigenvalue weighted by Crippen LogP contribution is 2.30. The van der Waals surface area contributed by atoms with Crippen LogP contribution in [0.5, 0.6) is 0 Å². The monoisotopic (exact) mass is 437 g/mol. The van der Waals surface area contributed by atoms with E-state index in [0.717, 1.165) is 11.2 Å². The molecule has 13 nitrogen and oxygen atoms in total. The third kappa shape index (κ3) is 6.38. The largest absolute Gasteiger partial charge is 0.418 e. The molecule has 0 unspecified atom stereocenters. The number of nitrogens with one attached hydrogen (secondary N) is 2. The highest BCUT2D eigenvalue weighted by Gasteiger charge is 2.49. The summed E-state index contributed by atoms with van der Waals surface area (Å²) < 4.78 is 56.1. The normalized spacial score (nSPS) is 21.7. The number of hydroxylamine groups is 2. The van der Waals surface area contributed by atoms with Gasteiger partial charge in [0.1, 0.15) is 6.04 Å². The minimum Gasteiger partial charge on any atom is -0.309 e. The smallest absolute Gasteiger partial charge is 0.309 e. The summed E-state index contributed by atoms with van der Waals surface area (Å²) in [6, 6.07) is 3.21. The fraction of sp³-hybridized carbons (Fsp3) is 0.462. The molecule has 2 atom stereocenters. The molecule has 28 heavy (non-hydrogen) atoms. The molecule has 0 saturated carbocycles. The van der Waals surface area contributed by atoms with Gasteiger partial charge in [0.25, 0.3) is 5.91 Å². The first kappa shape index (κ1) is 22.0. The number of nitrogens with zero attached hydrogens (tertiary/aromatic N) is 3. The van der Waals surface area contributed by atoms with Crippen molar-refractivity contribution >= 4 is 32.4 Å². The Balaban J connectivity index is 0.000000397. The van der Waals surface area contributed by atoms with E-state index in [4.69, 9.17) is 4.55 Å². The number of rotatable bonds is 5. The molecule has 1 aromatic rings. The van der Waals surface area contributed by atoms with Crippen LogP contribution < -0.4 is 10.3 Å². The molecule has 2 aliphatic rings. The molecule has 0 aromatic carbocycles. The zero-order valence-electron chi connectivity index (χ0n) is 14.6. The second kappa shape index (κ2) is 8.78. The van der Waals surface area contributed by atoms with Crippen molar-refractivity contribution in [3.05, 3.63) is 30.6 Å². The second-order valence-electron chi connectivity index (χ2n) is 5.90. The number of aromatic nitrogens is 1. The average molecular weight is 437 g/mol.